The molecule has 1 saturated heterocycles. The van der Waals surface area contributed by atoms with Crippen LogP contribution in [-0.4, -0.2) is 60.4 Å². The molecule has 36 heavy (non-hydrogen) atoms. The topological polar surface area (TPSA) is 108 Å². The number of carbonyl (C=O) groups is 3. The van der Waals surface area contributed by atoms with Crippen molar-refractivity contribution in [3.63, 3.8) is 0 Å². The minimum Gasteiger partial charge on any atom is -0.452 e. The van der Waals surface area contributed by atoms with Crippen LogP contribution in [0.5, 0.6) is 0 Å². The molecule has 1 aliphatic rings. The van der Waals surface area contributed by atoms with E-state index in [0.717, 1.165) is 0 Å². The van der Waals surface area contributed by atoms with Crippen molar-refractivity contribution in [3.8, 4) is 0 Å². The summed E-state index contributed by atoms with van der Waals surface area (Å²) in [5.74, 6) is -2.59. The number of aliphatic hydroxyl groups is 1. The molecule has 4 rings (SSSR count). The molecule has 186 valence electrons. The van der Waals surface area contributed by atoms with Crippen LogP contribution in [0.3, 0.4) is 0 Å². The van der Waals surface area contributed by atoms with Gasteiger partial charge in [0.2, 0.25) is 6.36 Å². The van der Waals surface area contributed by atoms with Crippen molar-refractivity contribution in [2.24, 2.45) is 0 Å². The number of hydrogen-bond acceptors (Lipinski definition) is 8. The zero-order valence-electron chi connectivity index (χ0n) is 18.9. The SMILES string of the molecule is O=C(O[C@@H]1[C@H](OC(=O)c2ccccc2)[C@@H](F)O[C@H](CO)[C@H]1OC(=O)c1ccccc1)c1ccccc1. The maximum Gasteiger partial charge on any atom is 0.338 e. The van der Waals surface area contributed by atoms with Gasteiger partial charge in [0.05, 0.1) is 23.3 Å². The van der Waals surface area contributed by atoms with E-state index in [4.69, 9.17) is 18.9 Å². The van der Waals surface area contributed by atoms with E-state index in [9.17, 15) is 19.5 Å². The number of halogens is 1. The predicted octanol–water partition coefficient (Wildman–Crippen LogP) is 3.35. The molecule has 1 aliphatic heterocycles. The number of rotatable bonds is 7. The predicted molar refractivity (Wildman–Crippen MR) is 124 cm³/mol. The van der Waals surface area contributed by atoms with Gasteiger partial charge in [0, 0.05) is 0 Å². The molecule has 3 aromatic carbocycles. The van der Waals surface area contributed by atoms with Crippen LogP contribution in [0.1, 0.15) is 31.1 Å². The molecule has 0 spiro atoms. The fourth-order valence-corrected chi connectivity index (χ4v) is 3.71. The summed E-state index contributed by atoms with van der Waals surface area (Å²) in [6.45, 7) is -0.758. The highest BCUT2D eigenvalue weighted by Gasteiger charge is 2.52. The average molecular weight is 494 g/mol. The van der Waals surface area contributed by atoms with Crippen molar-refractivity contribution in [1.29, 1.82) is 0 Å². The Labute approximate surface area is 206 Å². The highest BCUT2D eigenvalue weighted by Crippen LogP contribution is 2.31. The third-order valence-electron chi connectivity index (χ3n) is 5.51. The summed E-state index contributed by atoms with van der Waals surface area (Å²) in [5, 5.41) is 9.85. The number of alkyl halides is 1. The van der Waals surface area contributed by atoms with Crippen LogP contribution in [0.2, 0.25) is 0 Å². The molecule has 0 amide bonds. The van der Waals surface area contributed by atoms with Gasteiger partial charge in [0.15, 0.2) is 18.3 Å². The van der Waals surface area contributed by atoms with E-state index in [1.165, 1.54) is 36.4 Å². The summed E-state index contributed by atoms with van der Waals surface area (Å²) in [6.07, 6.45) is -8.58. The Morgan fingerprint density at radius 2 is 1.00 bits per heavy atom. The third kappa shape index (κ3) is 5.76. The lowest BCUT2D eigenvalue weighted by Gasteiger charge is -2.41. The molecule has 9 heteroatoms. The molecule has 8 nitrogen and oxygen atoms in total. The van der Waals surface area contributed by atoms with Gasteiger partial charge in [-0.05, 0) is 36.4 Å². The lowest BCUT2D eigenvalue weighted by molar-refractivity contribution is -0.261. The Balaban J connectivity index is 1.66. The van der Waals surface area contributed by atoms with Crippen LogP contribution < -0.4 is 0 Å². The molecule has 0 saturated carbocycles. The lowest BCUT2D eigenvalue weighted by atomic mass is 9.98. The fourth-order valence-electron chi connectivity index (χ4n) is 3.71. The van der Waals surface area contributed by atoms with Gasteiger partial charge in [-0.25, -0.2) is 18.8 Å². The van der Waals surface area contributed by atoms with E-state index >= 15 is 4.39 Å². The highest BCUT2D eigenvalue weighted by molar-refractivity contribution is 5.91. The summed E-state index contributed by atoms with van der Waals surface area (Å²) in [6, 6.07) is 23.6. The summed E-state index contributed by atoms with van der Waals surface area (Å²) >= 11 is 0. The second-order valence-corrected chi connectivity index (χ2v) is 7.92. The lowest BCUT2D eigenvalue weighted by Crippen LogP contribution is -2.61. The zero-order chi connectivity index (χ0) is 25.5. The quantitative estimate of drug-likeness (QED) is 0.394. The molecular formula is C27H23FO8. The largest absolute Gasteiger partial charge is 0.452 e. The van der Waals surface area contributed by atoms with Gasteiger partial charge in [0.1, 0.15) is 6.10 Å². The van der Waals surface area contributed by atoms with Gasteiger partial charge >= 0.3 is 17.9 Å². The first-order chi connectivity index (χ1) is 17.5. The van der Waals surface area contributed by atoms with Crippen molar-refractivity contribution in [3.05, 3.63) is 108 Å². The van der Waals surface area contributed by atoms with E-state index in [0.29, 0.717) is 0 Å². The summed E-state index contributed by atoms with van der Waals surface area (Å²) in [5.41, 5.74) is 0.434. The van der Waals surface area contributed by atoms with Crippen molar-refractivity contribution < 1.29 is 42.8 Å². The van der Waals surface area contributed by atoms with Gasteiger partial charge in [-0.3, -0.25) is 0 Å². The second kappa shape index (κ2) is 11.6. The van der Waals surface area contributed by atoms with E-state index in [1.807, 2.05) is 0 Å². The molecule has 3 aromatic rings. The molecule has 1 fully saturated rings. The van der Waals surface area contributed by atoms with E-state index in [2.05, 4.69) is 0 Å². The Morgan fingerprint density at radius 1 is 0.639 bits per heavy atom. The maximum absolute atomic E-state index is 15.2. The zero-order valence-corrected chi connectivity index (χ0v) is 18.9. The molecule has 5 atom stereocenters. The van der Waals surface area contributed by atoms with Gasteiger partial charge in [-0.15, -0.1) is 0 Å². The number of hydrogen-bond donors (Lipinski definition) is 1. The smallest absolute Gasteiger partial charge is 0.338 e. The van der Waals surface area contributed by atoms with Crippen molar-refractivity contribution >= 4 is 17.9 Å². The first kappa shape index (κ1) is 25.0. The number of benzene rings is 3. The van der Waals surface area contributed by atoms with Gasteiger partial charge in [-0.1, -0.05) is 54.6 Å². The molecule has 0 bridgehead atoms. The molecular weight excluding hydrogens is 471 g/mol. The third-order valence-corrected chi connectivity index (χ3v) is 5.51. The van der Waals surface area contributed by atoms with Crippen LogP contribution in [0.4, 0.5) is 4.39 Å². The average Bonchev–Trinajstić information content (AvgIpc) is 2.93. The number of carbonyl (C=O) groups excluding carboxylic acids is 3. The van der Waals surface area contributed by atoms with Crippen molar-refractivity contribution in [2.75, 3.05) is 6.61 Å². The first-order valence-electron chi connectivity index (χ1n) is 11.2. The molecule has 0 unspecified atom stereocenters. The molecule has 0 aliphatic carbocycles. The van der Waals surface area contributed by atoms with E-state index in [1.54, 1.807) is 54.6 Å². The normalized spacial score (nSPS) is 23.3. The molecule has 0 aromatic heterocycles. The summed E-state index contributed by atoms with van der Waals surface area (Å²) in [7, 11) is 0. The van der Waals surface area contributed by atoms with Gasteiger partial charge in [0.25, 0.3) is 0 Å². The number of esters is 3. The Morgan fingerprint density at radius 3 is 1.39 bits per heavy atom. The van der Waals surface area contributed by atoms with Crippen LogP contribution in [0.15, 0.2) is 91.0 Å². The second-order valence-electron chi connectivity index (χ2n) is 7.92. The van der Waals surface area contributed by atoms with Gasteiger partial charge in [-0.2, -0.15) is 0 Å². The van der Waals surface area contributed by atoms with Crippen LogP contribution in [-0.2, 0) is 18.9 Å². The van der Waals surface area contributed by atoms with Crippen molar-refractivity contribution in [1.82, 2.24) is 0 Å². The highest BCUT2D eigenvalue weighted by atomic mass is 19.1. The minimum atomic E-state index is -2.28. The first-order valence-corrected chi connectivity index (χ1v) is 11.2. The number of ether oxygens (including phenoxy) is 4. The Kier molecular flexibility index (Phi) is 8.04. The van der Waals surface area contributed by atoms with E-state index in [-0.39, 0.29) is 16.7 Å². The van der Waals surface area contributed by atoms with E-state index < -0.39 is 55.3 Å². The standard InChI is InChI=1S/C27H23FO8/c28-24-23(36-27(32)19-14-8-3-9-15-19)22(35-26(31)18-12-6-2-7-13-18)21(20(16-29)33-24)34-25(30)17-10-4-1-5-11-17/h1-15,20-24,29H,16H2/t20-,21-,22+,23+,24+/m1/s1. The molecule has 1 heterocycles. The van der Waals surface area contributed by atoms with Crippen LogP contribution in [0, 0.1) is 0 Å². The van der Waals surface area contributed by atoms with Crippen LogP contribution >= 0.6 is 0 Å². The van der Waals surface area contributed by atoms with Crippen molar-refractivity contribution in [2.45, 2.75) is 30.8 Å². The molecule has 0 radical (unpaired) electrons. The molecule has 1 N–H and O–H groups in total. The van der Waals surface area contributed by atoms with Crippen LogP contribution in [0.25, 0.3) is 0 Å². The maximum atomic E-state index is 15.2. The summed E-state index contributed by atoms with van der Waals surface area (Å²) in [4.78, 5) is 38.4. The minimum absolute atomic E-state index is 0.125. The monoisotopic (exact) mass is 494 g/mol. The summed E-state index contributed by atoms with van der Waals surface area (Å²) < 4.78 is 36.8. The fraction of sp³-hybridized carbons (Fsp3) is 0.222. The Hall–Kier alpha value is -4.08. The Bertz CT molecular complexity index is 1170. The van der Waals surface area contributed by atoms with Gasteiger partial charge < -0.3 is 24.1 Å². The number of aliphatic hydroxyl groups excluding tert-OH is 1.